The topological polar surface area (TPSA) is 38.3 Å². The quantitative estimate of drug-likeness (QED) is 0.856. The smallest absolute Gasteiger partial charge is 0.328 e. The predicted octanol–water partition coefficient (Wildman–Crippen LogP) is 3.61. The summed E-state index contributed by atoms with van der Waals surface area (Å²) in [5, 5.41) is 3.20. The first-order valence-electron chi connectivity index (χ1n) is 7.20. The Hall–Kier alpha value is -1.58. The molecule has 0 spiro atoms. The third kappa shape index (κ3) is 3.71. The maximum atomic E-state index is 12.9. The number of benzene rings is 1. The van der Waals surface area contributed by atoms with Crippen LogP contribution in [0.4, 0.5) is 10.1 Å². The first kappa shape index (κ1) is 14.8. The molecule has 1 unspecified atom stereocenters. The predicted molar refractivity (Wildman–Crippen MR) is 76.9 cm³/mol. The summed E-state index contributed by atoms with van der Waals surface area (Å²) < 4.78 is 17.8. The number of ether oxygens (including phenoxy) is 1. The molecule has 1 aliphatic carbocycles. The van der Waals surface area contributed by atoms with Crippen molar-refractivity contribution in [3.05, 3.63) is 30.1 Å². The molecule has 20 heavy (non-hydrogen) atoms. The second-order valence-electron chi connectivity index (χ2n) is 5.67. The Morgan fingerprint density at radius 1 is 1.25 bits per heavy atom. The fourth-order valence-electron chi connectivity index (χ4n) is 2.84. The lowest BCUT2D eigenvalue weighted by molar-refractivity contribution is -0.143. The Morgan fingerprint density at radius 2 is 1.85 bits per heavy atom. The molecule has 1 fully saturated rings. The number of halogens is 1. The number of esters is 1. The Kier molecular flexibility index (Phi) is 4.99. The maximum Gasteiger partial charge on any atom is 0.328 e. The summed E-state index contributed by atoms with van der Waals surface area (Å²) in [7, 11) is 1.41. The van der Waals surface area contributed by atoms with Crippen LogP contribution >= 0.6 is 0 Å². The molecule has 0 heterocycles. The van der Waals surface area contributed by atoms with Crippen LogP contribution in [0.3, 0.4) is 0 Å². The van der Waals surface area contributed by atoms with Crippen molar-refractivity contribution in [2.45, 2.75) is 38.6 Å². The molecule has 0 bridgehead atoms. The molecule has 2 rings (SSSR count). The molecule has 1 N–H and O–H groups in total. The van der Waals surface area contributed by atoms with Gasteiger partial charge in [-0.15, -0.1) is 0 Å². The average Bonchev–Trinajstić information content (AvgIpc) is 2.47. The maximum absolute atomic E-state index is 12.9. The molecular weight excluding hydrogens is 257 g/mol. The molecule has 1 saturated carbocycles. The van der Waals surface area contributed by atoms with Gasteiger partial charge in [-0.05, 0) is 48.9 Å². The molecule has 0 aliphatic heterocycles. The number of nitrogens with one attached hydrogen (secondary N) is 1. The lowest BCUT2D eigenvalue weighted by Gasteiger charge is -2.32. The Balaban J connectivity index is 2.07. The molecule has 4 heteroatoms. The number of carbonyl (C=O) groups excluding carboxylic acids is 1. The van der Waals surface area contributed by atoms with Crippen molar-refractivity contribution < 1.29 is 13.9 Å². The minimum atomic E-state index is -0.349. The average molecular weight is 279 g/mol. The molecule has 3 nitrogen and oxygen atoms in total. The van der Waals surface area contributed by atoms with E-state index >= 15 is 0 Å². The van der Waals surface area contributed by atoms with Crippen molar-refractivity contribution in [1.29, 1.82) is 0 Å². The van der Waals surface area contributed by atoms with Crippen LogP contribution in [0.25, 0.3) is 0 Å². The number of rotatable bonds is 4. The van der Waals surface area contributed by atoms with Crippen LogP contribution in [0.15, 0.2) is 24.3 Å². The van der Waals surface area contributed by atoms with E-state index in [1.54, 1.807) is 12.1 Å². The minimum absolute atomic E-state index is 0.242. The zero-order valence-electron chi connectivity index (χ0n) is 12.1. The van der Waals surface area contributed by atoms with E-state index in [1.807, 2.05) is 0 Å². The number of methoxy groups -OCH3 is 1. The highest BCUT2D eigenvalue weighted by atomic mass is 19.1. The van der Waals surface area contributed by atoms with Crippen molar-refractivity contribution in [2.24, 2.45) is 11.8 Å². The van der Waals surface area contributed by atoms with Gasteiger partial charge in [0, 0.05) is 5.69 Å². The highest BCUT2D eigenvalue weighted by Gasteiger charge is 2.31. The van der Waals surface area contributed by atoms with Crippen LogP contribution in [0.1, 0.15) is 32.6 Å². The number of hydrogen-bond acceptors (Lipinski definition) is 3. The van der Waals surface area contributed by atoms with E-state index in [0.29, 0.717) is 0 Å². The Labute approximate surface area is 119 Å². The summed E-state index contributed by atoms with van der Waals surface area (Å²) in [5.74, 6) is 0.490. The van der Waals surface area contributed by atoms with E-state index in [4.69, 9.17) is 4.74 Å². The molecule has 0 aromatic heterocycles. The van der Waals surface area contributed by atoms with Gasteiger partial charge in [0.2, 0.25) is 0 Å². The van der Waals surface area contributed by atoms with E-state index in [-0.39, 0.29) is 23.7 Å². The van der Waals surface area contributed by atoms with Crippen molar-refractivity contribution in [1.82, 2.24) is 0 Å². The highest BCUT2D eigenvalue weighted by Crippen LogP contribution is 2.32. The van der Waals surface area contributed by atoms with Crippen molar-refractivity contribution >= 4 is 11.7 Å². The summed E-state index contributed by atoms with van der Waals surface area (Å²) in [6, 6.07) is 5.73. The molecule has 0 radical (unpaired) electrons. The third-order valence-electron chi connectivity index (χ3n) is 4.15. The second kappa shape index (κ2) is 6.73. The van der Waals surface area contributed by atoms with Crippen LogP contribution in [-0.2, 0) is 9.53 Å². The summed E-state index contributed by atoms with van der Waals surface area (Å²) in [6.07, 6.45) is 4.33. The SMILES string of the molecule is COC(=O)C(Nc1ccc(F)cc1)C1CCC(C)CC1. The van der Waals surface area contributed by atoms with E-state index in [0.717, 1.165) is 37.3 Å². The number of carbonyl (C=O) groups is 1. The third-order valence-corrected chi connectivity index (χ3v) is 4.15. The molecule has 1 aromatic carbocycles. The van der Waals surface area contributed by atoms with E-state index in [1.165, 1.54) is 19.2 Å². The summed E-state index contributed by atoms with van der Waals surface area (Å²) in [5.41, 5.74) is 0.750. The van der Waals surface area contributed by atoms with Gasteiger partial charge < -0.3 is 10.1 Å². The fraction of sp³-hybridized carbons (Fsp3) is 0.562. The van der Waals surface area contributed by atoms with E-state index < -0.39 is 0 Å². The fourth-order valence-corrected chi connectivity index (χ4v) is 2.84. The number of hydrogen-bond donors (Lipinski definition) is 1. The van der Waals surface area contributed by atoms with E-state index in [2.05, 4.69) is 12.2 Å². The number of anilines is 1. The monoisotopic (exact) mass is 279 g/mol. The molecule has 1 atom stereocenters. The normalized spacial score (nSPS) is 23.9. The molecule has 1 aliphatic rings. The van der Waals surface area contributed by atoms with Gasteiger partial charge in [0.15, 0.2) is 0 Å². The van der Waals surface area contributed by atoms with Gasteiger partial charge >= 0.3 is 5.97 Å². The molecule has 0 saturated heterocycles. The summed E-state index contributed by atoms with van der Waals surface area (Å²) in [4.78, 5) is 12.0. The van der Waals surface area contributed by atoms with Crippen LogP contribution in [0.5, 0.6) is 0 Å². The molecule has 1 aromatic rings. The van der Waals surface area contributed by atoms with Crippen LogP contribution in [0.2, 0.25) is 0 Å². The standard InChI is InChI=1S/C16H22FNO2/c1-11-3-5-12(6-4-11)15(16(19)20-2)18-14-9-7-13(17)8-10-14/h7-12,15,18H,3-6H2,1-2H3. The largest absolute Gasteiger partial charge is 0.467 e. The Morgan fingerprint density at radius 3 is 2.40 bits per heavy atom. The first-order valence-corrected chi connectivity index (χ1v) is 7.20. The zero-order chi connectivity index (χ0) is 14.5. The van der Waals surface area contributed by atoms with Gasteiger partial charge in [-0.1, -0.05) is 19.8 Å². The van der Waals surface area contributed by atoms with Gasteiger partial charge in [0.25, 0.3) is 0 Å². The first-order chi connectivity index (χ1) is 9.60. The van der Waals surface area contributed by atoms with Crippen LogP contribution in [-0.4, -0.2) is 19.1 Å². The van der Waals surface area contributed by atoms with E-state index in [9.17, 15) is 9.18 Å². The van der Waals surface area contributed by atoms with Crippen molar-refractivity contribution in [3.8, 4) is 0 Å². The highest BCUT2D eigenvalue weighted by molar-refractivity contribution is 5.79. The molecule has 110 valence electrons. The minimum Gasteiger partial charge on any atom is -0.467 e. The summed E-state index contributed by atoms with van der Waals surface area (Å²) in [6.45, 7) is 2.25. The Bertz CT molecular complexity index is 438. The lowest BCUT2D eigenvalue weighted by Crippen LogP contribution is -2.39. The lowest BCUT2D eigenvalue weighted by atomic mass is 9.79. The van der Waals surface area contributed by atoms with Crippen LogP contribution in [0, 0.1) is 17.7 Å². The van der Waals surface area contributed by atoms with Gasteiger partial charge in [-0.2, -0.15) is 0 Å². The van der Waals surface area contributed by atoms with Gasteiger partial charge in [0.05, 0.1) is 7.11 Å². The molecule has 0 amide bonds. The van der Waals surface area contributed by atoms with Crippen LogP contribution < -0.4 is 5.32 Å². The van der Waals surface area contributed by atoms with Gasteiger partial charge in [-0.3, -0.25) is 0 Å². The van der Waals surface area contributed by atoms with Crippen molar-refractivity contribution in [2.75, 3.05) is 12.4 Å². The zero-order valence-corrected chi connectivity index (χ0v) is 12.1. The van der Waals surface area contributed by atoms with Gasteiger partial charge in [-0.25, -0.2) is 9.18 Å². The van der Waals surface area contributed by atoms with Gasteiger partial charge in [0.1, 0.15) is 11.9 Å². The summed E-state index contributed by atoms with van der Waals surface area (Å²) >= 11 is 0. The molecular formula is C16H22FNO2. The van der Waals surface area contributed by atoms with Crippen molar-refractivity contribution in [3.63, 3.8) is 0 Å². The second-order valence-corrected chi connectivity index (χ2v) is 5.67.